The average Bonchev–Trinajstić information content (AvgIpc) is 2.45. The van der Waals surface area contributed by atoms with E-state index in [4.69, 9.17) is 4.74 Å². The van der Waals surface area contributed by atoms with Crippen LogP contribution in [-0.2, 0) is 0 Å². The van der Waals surface area contributed by atoms with Gasteiger partial charge in [0.25, 0.3) is 0 Å². The van der Waals surface area contributed by atoms with E-state index in [0.717, 1.165) is 5.06 Å². The fourth-order valence-electron chi connectivity index (χ4n) is 1.38. The van der Waals surface area contributed by atoms with Crippen LogP contribution in [-0.4, -0.2) is 7.11 Å². The molecular weight excluding hydrogens is 295 g/mol. The summed E-state index contributed by atoms with van der Waals surface area (Å²) in [6.07, 6.45) is 0. The fourth-order valence-corrected chi connectivity index (χ4v) is 3.24. The summed E-state index contributed by atoms with van der Waals surface area (Å²) in [7, 11) is 1.73. The molecule has 2 aromatic rings. The van der Waals surface area contributed by atoms with Crippen molar-refractivity contribution in [1.82, 2.24) is 0 Å². The third-order valence-corrected chi connectivity index (χ3v) is 4.62. The SMILES string of the molecule is COc1sc2c(I)cccc2c1C. The van der Waals surface area contributed by atoms with Crippen molar-refractivity contribution in [2.75, 3.05) is 7.11 Å². The lowest BCUT2D eigenvalue weighted by molar-refractivity contribution is 0.425. The first-order valence-corrected chi connectivity index (χ1v) is 5.85. The maximum atomic E-state index is 5.30. The Morgan fingerprint density at radius 2 is 2.15 bits per heavy atom. The molecule has 0 radical (unpaired) electrons. The quantitative estimate of drug-likeness (QED) is 0.728. The molecular formula is C10H9IOS. The maximum absolute atomic E-state index is 5.30. The molecule has 68 valence electrons. The Hall–Kier alpha value is -0.290. The summed E-state index contributed by atoms with van der Waals surface area (Å²) >= 11 is 4.08. The van der Waals surface area contributed by atoms with E-state index >= 15 is 0 Å². The topological polar surface area (TPSA) is 9.23 Å². The molecule has 0 saturated heterocycles. The first-order valence-electron chi connectivity index (χ1n) is 3.95. The van der Waals surface area contributed by atoms with Gasteiger partial charge in [-0.3, -0.25) is 0 Å². The number of aryl methyl sites for hydroxylation is 1. The number of hydrogen-bond donors (Lipinski definition) is 0. The van der Waals surface area contributed by atoms with E-state index in [-0.39, 0.29) is 0 Å². The van der Waals surface area contributed by atoms with Crippen LogP contribution in [0.25, 0.3) is 10.1 Å². The summed E-state index contributed by atoms with van der Waals surface area (Å²) in [4.78, 5) is 0. The molecule has 0 aliphatic heterocycles. The number of ether oxygens (including phenoxy) is 1. The van der Waals surface area contributed by atoms with Crippen molar-refractivity contribution in [3.8, 4) is 5.06 Å². The van der Waals surface area contributed by atoms with Gasteiger partial charge < -0.3 is 4.74 Å². The molecule has 0 aliphatic carbocycles. The predicted octanol–water partition coefficient (Wildman–Crippen LogP) is 3.82. The Kier molecular flexibility index (Phi) is 2.47. The van der Waals surface area contributed by atoms with Crippen LogP contribution in [0.3, 0.4) is 0 Å². The highest BCUT2D eigenvalue weighted by Crippen LogP contribution is 2.38. The number of benzene rings is 1. The van der Waals surface area contributed by atoms with Gasteiger partial charge in [0.05, 0.1) is 11.8 Å². The second-order valence-corrected chi connectivity index (χ2v) is 4.98. The van der Waals surface area contributed by atoms with Crippen LogP contribution in [0, 0.1) is 10.5 Å². The Balaban J connectivity index is 2.83. The number of fused-ring (bicyclic) bond motifs is 1. The predicted molar refractivity (Wildman–Crippen MR) is 65.8 cm³/mol. The molecule has 0 saturated carbocycles. The summed E-state index contributed by atoms with van der Waals surface area (Å²) in [5.41, 5.74) is 1.25. The zero-order valence-corrected chi connectivity index (χ0v) is 10.4. The van der Waals surface area contributed by atoms with E-state index < -0.39 is 0 Å². The average molecular weight is 304 g/mol. The standard InChI is InChI=1S/C10H9IOS/c1-6-7-4-3-5-8(11)9(7)13-10(6)12-2/h3-5H,1-2H3. The molecule has 0 N–H and O–H groups in total. The van der Waals surface area contributed by atoms with Crippen molar-refractivity contribution in [3.05, 3.63) is 27.3 Å². The summed E-state index contributed by atoms with van der Waals surface area (Å²) in [5.74, 6) is 0. The third kappa shape index (κ3) is 1.44. The molecule has 1 aromatic carbocycles. The van der Waals surface area contributed by atoms with Crippen LogP contribution in [0.4, 0.5) is 0 Å². The molecule has 0 aliphatic rings. The summed E-state index contributed by atoms with van der Waals surface area (Å²) in [6, 6.07) is 6.35. The van der Waals surface area contributed by atoms with Crippen LogP contribution in [0.5, 0.6) is 5.06 Å². The molecule has 13 heavy (non-hydrogen) atoms. The molecule has 2 rings (SSSR count). The van der Waals surface area contributed by atoms with Gasteiger partial charge in [0.1, 0.15) is 0 Å². The Morgan fingerprint density at radius 3 is 2.77 bits per heavy atom. The largest absolute Gasteiger partial charge is 0.487 e. The normalized spacial score (nSPS) is 10.7. The van der Waals surface area contributed by atoms with Gasteiger partial charge in [-0.2, -0.15) is 0 Å². The number of hydrogen-bond acceptors (Lipinski definition) is 2. The molecule has 0 spiro atoms. The van der Waals surface area contributed by atoms with Crippen molar-refractivity contribution in [2.24, 2.45) is 0 Å². The minimum absolute atomic E-state index is 1.03. The van der Waals surface area contributed by atoms with Crippen molar-refractivity contribution in [3.63, 3.8) is 0 Å². The molecule has 3 heteroatoms. The number of rotatable bonds is 1. The highest BCUT2D eigenvalue weighted by Gasteiger charge is 2.09. The van der Waals surface area contributed by atoms with Crippen LogP contribution in [0.1, 0.15) is 5.56 Å². The van der Waals surface area contributed by atoms with Gasteiger partial charge in [-0.25, -0.2) is 0 Å². The van der Waals surface area contributed by atoms with Crippen LogP contribution < -0.4 is 4.74 Å². The Bertz CT molecular complexity index is 447. The number of halogens is 1. The minimum atomic E-state index is 1.03. The molecule has 0 amide bonds. The Morgan fingerprint density at radius 1 is 1.38 bits per heavy atom. The minimum Gasteiger partial charge on any atom is -0.487 e. The second kappa shape index (κ2) is 3.46. The smallest absolute Gasteiger partial charge is 0.177 e. The van der Waals surface area contributed by atoms with Gasteiger partial charge in [0.15, 0.2) is 5.06 Å². The molecule has 1 heterocycles. The van der Waals surface area contributed by atoms with E-state index in [1.165, 1.54) is 19.2 Å². The zero-order valence-electron chi connectivity index (χ0n) is 7.43. The van der Waals surface area contributed by atoms with E-state index in [9.17, 15) is 0 Å². The maximum Gasteiger partial charge on any atom is 0.177 e. The van der Waals surface area contributed by atoms with Crippen molar-refractivity contribution >= 4 is 44.0 Å². The lowest BCUT2D eigenvalue weighted by Gasteiger charge is -1.94. The van der Waals surface area contributed by atoms with E-state index in [0.29, 0.717) is 0 Å². The highest BCUT2D eigenvalue weighted by molar-refractivity contribution is 14.1. The lowest BCUT2D eigenvalue weighted by Crippen LogP contribution is -1.79. The summed E-state index contributed by atoms with van der Waals surface area (Å²) in [6.45, 7) is 2.10. The van der Waals surface area contributed by atoms with E-state index in [2.05, 4.69) is 47.7 Å². The van der Waals surface area contributed by atoms with Crippen molar-refractivity contribution in [1.29, 1.82) is 0 Å². The van der Waals surface area contributed by atoms with Crippen LogP contribution in [0.2, 0.25) is 0 Å². The lowest BCUT2D eigenvalue weighted by atomic mass is 10.2. The van der Waals surface area contributed by atoms with Gasteiger partial charge in [0, 0.05) is 14.5 Å². The van der Waals surface area contributed by atoms with E-state index in [1.54, 1.807) is 18.4 Å². The number of methoxy groups -OCH3 is 1. The molecule has 0 unspecified atom stereocenters. The fraction of sp³-hybridized carbons (Fsp3) is 0.200. The van der Waals surface area contributed by atoms with Crippen molar-refractivity contribution in [2.45, 2.75) is 6.92 Å². The van der Waals surface area contributed by atoms with Gasteiger partial charge in [-0.05, 0) is 35.6 Å². The van der Waals surface area contributed by atoms with Crippen LogP contribution >= 0.6 is 33.9 Å². The van der Waals surface area contributed by atoms with Gasteiger partial charge in [-0.15, -0.1) is 0 Å². The first kappa shape index (κ1) is 9.27. The van der Waals surface area contributed by atoms with Gasteiger partial charge in [0.2, 0.25) is 0 Å². The highest BCUT2D eigenvalue weighted by atomic mass is 127. The van der Waals surface area contributed by atoms with Gasteiger partial charge >= 0.3 is 0 Å². The molecule has 0 atom stereocenters. The molecule has 1 nitrogen and oxygen atoms in total. The second-order valence-electron chi connectivity index (χ2n) is 2.84. The summed E-state index contributed by atoms with van der Waals surface area (Å²) in [5, 5.41) is 2.34. The number of thiophene rings is 1. The van der Waals surface area contributed by atoms with E-state index in [1.807, 2.05) is 0 Å². The molecule has 0 bridgehead atoms. The monoisotopic (exact) mass is 304 g/mol. The third-order valence-electron chi connectivity index (χ3n) is 2.06. The summed E-state index contributed by atoms with van der Waals surface area (Å²) < 4.78 is 7.93. The van der Waals surface area contributed by atoms with Crippen LogP contribution in [0.15, 0.2) is 18.2 Å². The molecule has 0 fully saturated rings. The van der Waals surface area contributed by atoms with Gasteiger partial charge in [-0.1, -0.05) is 23.5 Å². The molecule has 1 aromatic heterocycles. The van der Waals surface area contributed by atoms with Crippen molar-refractivity contribution < 1.29 is 4.74 Å². The Labute approximate surface area is 94.9 Å². The first-order chi connectivity index (χ1) is 6.24. The zero-order chi connectivity index (χ0) is 9.42.